The molecule has 3 aromatic rings. The van der Waals surface area contributed by atoms with Gasteiger partial charge in [0.2, 0.25) is 5.78 Å². The molecule has 1 heterocycles. The van der Waals surface area contributed by atoms with Gasteiger partial charge in [-0.3, -0.25) is 24.4 Å². The lowest BCUT2D eigenvalue weighted by atomic mass is 9.98. The first-order valence-electron chi connectivity index (χ1n) is 9.72. The highest BCUT2D eigenvalue weighted by molar-refractivity contribution is 6.01. The van der Waals surface area contributed by atoms with E-state index < -0.39 is 17.0 Å². The highest BCUT2D eigenvalue weighted by Gasteiger charge is 2.28. The Bertz CT molecular complexity index is 1130. The van der Waals surface area contributed by atoms with Crippen LogP contribution in [0, 0.1) is 37.8 Å². The number of benzene rings is 2. The summed E-state index contributed by atoms with van der Waals surface area (Å²) in [6, 6.07) is 14.2. The topological polar surface area (TPSA) is 104 Å². The highest BCUT2D eigenvalue weighted by atomic mass is 16.6. The molecule has 160 valence electrons. The Hall–Kier alpha value is -3.81. The maximum absolute atomic E-state index is 13.2. The minimum Gasteiger partial charge on any atom is -0.448 e. The van der Waals surface area contributed by atoms with Crippen molar-refractivity contribution in [1.29, 1.82) is 0 Å². The molecule has 0 unspecified atom stereocenters. The Morgan fingerprint density at radius 1 is 1.00 bits per heavy atom. The first-order chi connectivity index (χ1) is 14.7. The fourth-order valence-electron chi connectivity index (χ4n) is 3.28. The Morgan fingerprint density at radius 2 is 1.55 bits per heavy atom. The molecule has 0 spiro atoms. The average Bonchev–Trinajstić information content (AvgIpc) is 3.00. The van der Waals surface area contributed by atoms with Crippen molar-refractivity contribution in [2.75, 3.05) is 0 Å². The van der Waals surface area contributed by atoms with Crippen LogP contribution in [0.1, 0.15) is 44.5 Å². The van der Waals surface area contributed by atoms with Crippen LogP contribution in [0.25, 0.3) is 0 Å². The van der Waals surface area contributed by atoms with Crippen molar-refractivity contribution in [3.63, 3.8) is 0 Å². The molecule has 8 heteroatoms. The second-order valence-electron chi connectivity index (χ2n) is 7.45. The molecule has 0 aliphatic rings. The van der Waals surface area contributed by atoms with Gasteiger partial charge in [0.25, 0.3) is 0 Å². The number of carbonyl (C=O) groups excluding carboxylic acids is 2. The summed E-state index contributed by atoms with van der Waals surface area (Å²) in [4.78, 5) is 36.5. The molecule has 0 saturated carbocycles. The molecule has 0 bridgehead atoms. The first kappa shape index (κ1) is 21.9. The van der Waals surface area contributed by atoms with E-state index in [0.717, 1.165) is 11.1 Å². The van der Waals surface area contributed by atoms with Gasteiger partial charge in [-0.05, 0) is 27.7 Å². The van der Waals surface area contributed by atoms with E-state index in [1.807, 2.05) is 38.1 Å². The lowest BCUT2D eigenvalue weighted by molar-refractivity contribution is -0.386. The number of hydrogen-bond donors (Lipinski definition) is 0. The molecule has 0 aliphatic heterocycles. The van der Waals surface area contributed by atoms with E-state index in [9.17, 15) is 19.7 Å². The number of ketones is 1. The number of nitrogens with zero attached hydrogens (tertiary/aromatic N) is 3. The summed E-state index contributed by atoms with van der Waals surface area (Å²) < 4.78 is 6.79. The first-order valence-corrected chi connectivity index (χ1v) is 9.72. The number of hydrogen-bond acceptors (Lipinski definition) is 6. The predicted molar refractivity (Wildman–Crippen MR) is 114 cm³/mol. The molecule has 0 saturated heterocycles. The van der Waals surface area contributed by atoms with E-state index >= 15 is 0 Å². The third-order valence-electron chi connectivity index (χ3n) is 5.01. The van der Waals surface area contributed by atoms with E-state index in [1.165, 1.54) is 18.5 Å². The van der Waals surface area contributed by atoms with Crippen molar-refractivity contribution in [2.24, 2.45) is 0 Å². The minimum atomic E-state index is -1.14. The summed E-state index contributed by atoms with van der Waals surface area (Å²) in [5, 5.41) is 15.3. The molecular weight excluding hydrogens is 398 g/mol. The third-order valence-corrected chi connectivity index (χ3v) is 5.01. The van der Waals surface area contributed by atoms with E-state index in [1.54, 1.807) is 24.3 Å². The number of esters is 1. The standard InChI is InChI=1S/C23H23N3O5/c1-14-5-9-18(10-6-14)22(28)23(19-11-7-15(2)8-12-19)31-20(27)13-25-17(4)21(26(29)30)16(3)24-25/h5-12,23H,13H2,1-4H3/t23-/m1/s1. The molecule has 31 heavy (non-hydrogen) atoms. The zero-order valence-electron chi connectivity index (χ0n) is 17.8. The van der Waals surface area contributed by atoms with Crippen LogP contribution in [0.3, 0.4) is 0 Å². The van der Waals surface area contributed by atoms with Crippen LogP contribution in [-0.4, -0.2) is 26.5 Å². The molecule has 1 aromatic heterocycles. The lowest BCUT2D eigenvalue weighted by Gasteiger charge is -2.18. The molecule has 8 nitrogen and oxygen atoms in total. The van der Waals surface area contributed by atoms with Crippen LogP contribution in [0.5, 0.6) is 0 Å². The van der Waals surface area contributed by atoms with E-state index in [0.29, 0.717) is 11.1 Å². The Labute approximate surface area is 179 Å². The number of carbonyl (C=O) groups is 2. The number of aromatic nitrogens is 2. The third kappa shape index (κ3) is 4.85. The van der Waals surface area contributed by atoms with Gasteiger partial charge < -0.3 is 4.74 Å². The van der Waals surface area contributed by atoms with Crippen LogP contribution >= 0.6 is 0 Å². The summed E-state index contributed by atoms with van der Waals surface area (Å²) >= 11 is 0. The van der Waals surface area contributed by atoms with Gasteiger partial charge in [0.05, 0.1) is 4.92 Å². The average molecular weight is 421 g/mol. The number of rotatable bonds is 7. The maximum Gasteiger partial charge on any atom is 0.328 e. The van der Waals surface area contributed by atoms with Crippen molar-refractivity contribution in [3.8, 4) is 0 Å². The number of nitro groups is 1. The summed E-state index contributed by atoms with van der Waals surface area (Å²) in [7, 11) is 0. The second-order valence-corrected chi connectivity index (χ2v) is 7.45. The van der Waals surface area contributed by atoms with Gasteiger partial charge in [-0.1, -0.05) is 59.7 Å². The van der Waals surface area contributed by atoms with Crippen LogP contribution in [0.2, 0.25) is 0 Å². The van der Waals surface area contributed by atoms with Gasteiger partial charge >= 0.3 is 11.7 Å². The molecule has 1 atom stereocenters. The van der Waals surface area contributed by atoms with Crippen LogP contribution in [-0.2, 0) is 16.1 Å². The van der Waals surface area contributed by atoms with Gasteiger partial charge in [0.1, 0.15) is 17.9 Å². The van der Waals surface area contributed by atoms with Crippen molar-refractivity contribution in [2.45, 2.75) is 40.3 Å². The van der Waals surface area contributed by atoms with E-state index in [2.05, 4.69) is 5.10 Å². The molecule has 0 aliphatic carbocycles. The highest BCUT2D eigenvalue weighted by Crippen LogP contribution is 2.25. The van der Waals surface area contributed by atoms with Gasteiger partial charge in [-0.15, -0.1) is 0 Å². The Morgan fingerprint density at radius 3 is 2.06 bits per heavy atom. The monoisotopic (exact) mass is 421 g/mol. The molecule has 2 aromatic carbocycles. The molecule has 0 amide bonds. The predicted octanol–water partition coefficient (Wildman–Crippen LogP) is 4.19. The Kier molecular flexibility index (Phi) is 6.29. The molecular formula is C23H23N3O5. The smallest absolute Gasteiger partial charge is 0.328 e. The summed E-state index contributed by atoms with van der Waals surface area (Å²) in [5.74, 6) is -1.07. The Balaban J connectivity index is 1.88. The fourth-order valence-corrected chi connectivity index (χ4v) is 3.28. The molecule has 0 radical (unpaired) electrons. The largest absolute Gasteiger partial charge is 0.448 e. The summed E-state index contributed by atoms with van der Waals surface area (Å²) in [6.45, 7) is 6.51. The van der Waals surface area contributed by atoms with Gasteiger partial charge in [0, 0.05) is 11.1 Å². The van der Waals surface area contributed by atoms with Crippen LogP contribution in [0.4, 0.5) is 5.69 Å². The van der Waals surface area contributed by atoms with Gasteiger partial charge in [-0.2, -0.15) is 5.10 Å². The zero-order chi connectivity index (χ0) is 22.7. The number of ether oxygens (including phenoxy) is 1. The molecule has 3 rings (SSSR count). The van der Waals surface area contributed by atoms with Crippen molar-refractivity contribution >= 4 is 17.4 Å². The minimum absolute atomic E-state index is 0.140. The SMILES string of the molecule is Cc1ccc(C(=O)[C@H](OC(=O)Cn2nc(C)c([N+](=O)[O-])c2C)c2ccc(C)cc2)cc1. The van der Waals surface area contributed by atoms with Crippen LogP contribution in [0.15, 0.2) is 48.5 Å². The van der Waals surface area contributed by atoms with Crippen molar-refractivity contribution in [1.82, 2.24) is 9.78 Å². The van der Waals surface area contributed by atoms with Crippen LogP contribution < -0.4 is 0 Å². The molecule has 0 N–H and O–H groups in total. The maximum atomic E-state index is 13.2. The van der Waals surface area contributed by atoms with Crippen molar-refractivity contribution < 1.29 is 19.2 Å². The summed E-state index contributed by atoms with van der Waals surface area (Å²) in [6.07, 6.45) is -1.14. The normalized spacial score (nSPS) is 11.7. The molecule has 0 fully saturated rings. The second kappa shape index (κ2) is 8.91. The fraction of sp³-hybridized carbons (Fsp3) is 0.261. The van der Waals surface area contributed by atoms with Gasteiger partial charge in [-0.25, -0.2) is 0 Å². The zero-order valence-corrected chi connectivity index (χ0v) is 17.8. The van der Waals surface area contributed by atoms with E-state index in [-0.39, 0.29) is 29.4 Å². The number of aryl methyl sites for hydroxylation is 3. The number of Topliss-reactive ketones (excluding diaryl/α,β-unsaturated/α-hetero) is 1. The lowest BCUT2D eigenvalue weighted by Crippen LogP contribution is -2.23. The van der Waals surface area contributed by atoms with Gasteiger partial charge in [0.15, 0.2) is 6.10 Å². The summed E-state index contributed by atoms with van der Waals surface area (Å²) in [5.41, 5.74) is 3.30. The van der Waals surface area contributed by atoms with Crippen molar-refractivity contribution in [3.05, 3.63) is 92.3 Å². The quantitative estimate of drug-likeness (QED) is 0.245. The van der Waals surface area contributed by atoms with E-state index in [4.69, 9.17) is 4.74 Å².